The molecule has 6 N–H and O–H groups in total. The molecule has 2 unspecified atom stereocenters. The van der Waals surface area contributed by atoms with Crippen LogP contribution < -0.4 is 22.1 Å². The van der Waals surface area contributed by atoms with E-state index in [1.807, 2.05) is 48.5 Å². The second-order valence-corrected chi connectivity index (χ2v) is 13.4. The lowest BCUT2D eigenvalue weighted by molar-refractivity contribution is -0.153. The predicted octanol–water partition coefficient (Wildman–Crippen LogP) is 3.50. The van der Waals surface area contributed by atoms with E-state index in [-0.39, 0.29) is 39.1 Å². The SMILES string of the molecule is CCNC(=O)OC(C#Cc1ccc(C#CC(OC(=O)NCC)N(CC(=O)OCC)C(=O)CCc2ccc(CN)cc2)cc1)N(CC(=O)OCC)C(=O)CCc1ccc(CN)cc1. The first kappa shape index (κ1) is 49.5. The molecule has 16 nitrogen and oxygen atoms in total. The molecule has 0 fully saturated rings. The van der Waals surface area contributed by atoms with E-state index in [1.165, 1.54) is 0 Å². The van der Waals surface area contributed by atoms with Crippen LogP contribution >= 0.6 is 0 Å². The third-order valence-corrected chi connectivity index (χ3v) is 8.83. The Morgan fingerprint density at radius 3 is 1.19 bits per heavy atom. The van der Waals surface area contributed by atoms with Crippen molar-refractivity contribution in [1.29, 1.82) is 0 Å². The lowest BCUT2D eigenvalue weighted by Crippen LogP contribution is -2.47. The van der Waals surface area contributed by atoms with E-state index in [2.05, 4.69) is 34.3 Å². The Kier molecular flexibility index (Phi) is 21.6. The van der Waals surface area contributed by atoms with E-state index in [4.69, 9.17) is 30.4 Å². The number of nitrogens with one attached hydrogen (secondary N) is 2. The van der Waals surface area contributed by atoms with Crippen LogP contribution in [0.2, 0.25) is 0 Å². The molecule has 0 aliphatic rings. The number of esters is 2. The Hall–Kier alpha value is -6.88. The molecule has 0 heterocycles. The second kappa shape index (κ2) is 27.1. The number of ether oxygens (including phenoxy) is 4. The van der Waals surface area contributed by atoms with Gasteiger partial charge in [0, 0.05) is 50.1 Å². The van der Waals surface area contributed by atoms with Gasteiger partial charge in [-0.25, -0.2) is 9.59 Å². The maximum Gasteiger partial charge on any atom is 0.409 e. The highest BCUT2D eigenvalue weighted by Crippen LogP contribution is 2.14. The molecule has 0 saturated carbocycles. The van der Waals surface area contributed by atoms with Gasteiger partial charge in [-0.05, 0) is 98.9 Å². The van der Waals surface area contributed by atoms with Crippen molar-refractivity contribution in [3.8, 4) is 23.7 Å². The molecule has 330 valence electrons. The highest BCUT2D eigenvalue weighted by molar-refractivity contribution is 5.84. The minimum atomic E-state index is -1.47. The predicted molar refractivity (Wildman–Crippen MR) is 230 cm³/mol. The van der Waals surface area contributed by atoms with E-state index >= 15 is 0 Å². The van der Waals surface area contributed by atoms with Crippen molar-refractivity contribution in [1.82, 2.24) is 20.4 Å². The van der Waals surface area contributed by atoms with Crippen LogP contribution in [0.15, 0.2) is 72.8 Å². The number of carbonyl (C=O) groups is 6. The first-order valence-corrected chi connectivity index (χ1v) is 20.4. The highest BCUT2D eigenvalue weighted by atomic mass is 16.6. The molecule has 0 radical (unpaired) electrons. The summed E-state index contributed by atoms with van der Waals surface area (Å²) in [7, 11) is 0. The monoisotopic (exact) mass is 852 g/mol. The molecule has 0 aliphatic carbocycles. The third-order valence-electron chi connectivity index (χ3n) is 8.83. The average Bonchev–Trinajstić information content (AvgIpc) is 3.27. The van der Waals surface area contributed by atoms with Crippen molar-refractivity contribution in [3.05, 3.63) is 106 Å². The van der Waals surface area contributed by atoms with Gasteiger partial charge in [0.1, 0.15) is 13.1 Å². The minimum absolute atomic E-state index is 0.0255. The van der Waals surface area contributed by atoms with E-state index < -0.39 is 61.5 Å². The molecule has 62 heavy (non-hydrogen) atoms. The second-order valence-electron chi connectivity index (χ2n) is 13.4. The maximum atomic E-state index is 13.7. The fourth-order valence-electron chi connectivity index (χ4n) is 5.61. The van der Waals surface area contributed by atoms with Crippen molar-refractivity contribution in [2.75, 3.05) is 39.4 Å². The van der Waals surface area contributed by atoms with Crippen molar-refractivity contribution in [2.24, 2.45) is 11.5 Å². The molecule has 16 heteroatoms. The fraction of sp³-hybridized carbons (Fsp3) is 0.391. The number of amides is 4. The summed E-state index contributed by atoms with van der Waals surface area (Å²) < 4.78 is 21.3. The first-order chi connectivity index (χ1) is 29.9. The van der Waals surface area contributed by atoms with Crippen molar-refractivity contribution >= 4 is 35.9 Å². The van der Waals surface area contributed by atoms with Crippen LogP contribution in [0.5, 0.6) is 0 Å². The summed E-state index contributed by atoms with van der Waals surface area (Å²) in [6.07, 6.45) is -4.03. The lowest BCUT2D eigenvalue weighted by atomic mass is 10.1. The summed E-state index contributed by atoms with van der Waals surface area (Å²) in [5.41, 5.74) is 15.9. The zero-order chi connectivity index (χ0) is 45.3. The van der Waals surface area contributed by atoms with Crippen LogP contribution in [0.4, 0.5) is 9.59 Å². The quantitative estimate of drug-likeness (QED) is 0.0556. The normalized spacial score (nSPS) is 11.2. The summed E-state index contributed by atoms with van der Waals surface area (Å²) >= 11 is 0. The molecule has 0 saturated heterocycles. The molecule has 3 aromatic rings. The van der Waals surface area contributed by atoms with E-state index in [0.717, 1.165) is 32.1 Å². The Labute approximate surface area is 362 Å². The average molecular weight is 853 g/mol. The molecule has 0 bridgehead atoms. The molecule has 3 rings (SSSR count). The zero-order valence-corrected chi connectivity index (χ0v) is 35.7. The number of benzene rings is 3. The smallest absolute Gasteiger partial charge is 0.409 e. The summed E-state index contributed by atoms with van der Waals surface area (Å²) in [4.78, 5) is 80.1. The van der Waals surface area contributed by atoms with Crippen LogP contribution in [0.1, 0.15) is 73.9 Å². The van der Waals surface area contributed by atoms with Crippen LogP contribution in [-0.4, -0.2) is 97.6 Å². The standard InChI is InChI=1S/C46H56N6O10/c1-5-49-45(57)61-41(51(31-43(55)59-7-3)39(53)25-21-33-13-17-37(29-47)18-14-33)27-23-35-9-11-36(12-10-35)24-28-42(62-46(58)50-6-2)52(32-44(56)60-8-4)40(54)26-22-34-15-19-38(30-48)20-16-34/h9-20,41-42H,5-8,21-22,25-26,29-32,47-48H2,1-4H3,(H,49,57)(H,50,58). The van der Waals surface area contributed by atoms with Crippen LogP contribution in [-0.2, 0) is 64.1 Å². The zero-order valence-electron chi connectivity index (χ0n) is 35.7. The van der Waals surface area contributed by atoms with Crippen molar-refractivity contribution in [2.45, 2.75) is 78.9 Å². The topological polar surface area (TPSA) is 222 Å². The summed E-state index contributed by atoms with van der Waals surface area (Å²) in [5.74, 6) is 9.00. The van der Waals surface area contributed by atoms with Gasteiger partial charge in [0.25, 0.3) is 0 Å². The number of carbonyl (C=O) groups excluding carboxylic acids is 6. The largest absolute Gasteiger partial charge is 0.465 e. The summed E-state index contributed by atoms with van der Waals surface area (Å²) in [6, 6.07) is 21.4. The third kappa shape index (κ3) is 17.4. The Bertz CT molecular complexity index is 1920. The van der Waals surface area contributed by atoms with Gasteiger partial charge in [-0.3, -0.25) is 29.0 Å². The van der Waals surface area contributed by atoms with Crippen LogP contribution in [0.3, 0.4) is 0 Å². The molecule has 0 spiro atoms. The Morgan fingerprint density at radius 1 is 0.548 bits per heavy atom. The van der Waals surface area contributed by atoms with E-state index in [0.29, 0.717) is 37.1 Å². The number of rotatable bonds is 20. The number of hydrogen-bond donors (Lipinski definition) is 4. The molecule has 0 aliphatic heterocycles. The van der Waals surface area contributed by atoms with Gasteiger partial charge >= 0.3 is 24.1 Å². The minimum Gasteiger partial charge on any atom is -0.465 e. The Balaban J connectivity index is 1.93. The van der Waals surface area contributed by atoms with Crippen molar-refractivity contribution in [3.63, 3.8) is 0 Å². The summed E-state index contributed by atoms with van der Waals surface area (Å²) in [6.45, 7) is 6.96. The van der Waals surface area contributed by atoms with Gasteiger partial charge in [-0.2, -0.15) is 0 Å². The fourth-order valence-corrected chi connectivity index (χ4v) is 5.61. The number of hydrogen-bond acceptors (Lipinski definition) is 12. The highest BCUT2D eigenvalue weighted by Gasteiger charge is 2.30. The maximum absolute atomic E-state index is 13.7. The first-order valence-electron chi connectivity index (χ1n) is 20.4. The molecule has 0 aromatic heterocycles. The Morgan fingerprint density at radius 2 is 0.887 bits per heavy atom. The molecule has 2 atom stereocenters. The van der Waals surface area contributed by atoms with E-state index in [9.17, 15) is 28.8 Å². The molecular weight excluding hydrogens is 797 g/mol. The molecule has 3 aromatic carbocycles. The molecular formula is C46H56N6O10. The van der Waals surface area contributed by atoms with Gasteiger partial charge in [0.15, 0.2) is 0 Å². The number of alkyl carbamates (subject to hydrolysis) is 2. The molecule has 4 amide bonds. The summed E-state index contributed by atoms with van der Waals surface area (Å²) in [5, 5.41) is 5.03. The van der Waals surface area contributed by atoms with Gasteiger partial charge in [-0.1, -0.05) is 60.4 Å². The van der Waals surface area contributed by atoms with E-state index in [1.54, 1.807) is 52.0 Å². The number of nitrogens with zero attached hydrogens (tertiary/aromatic N) is 2. The van der Waals surface area contributed by atoms with Crippen LogP contribution in [0.25, 0.3) is 0 Å². The van der Waals surface area contributed by atoms with Gasteiger partial charge in [0.05, 0.1) is 13.2 Å². The van der Waals surface area contributed by atoms with Gasteiger partial charge in [-0.15, -0.1) is 0 Å². The van der Waals surface area contributed by atoms with Gasteiger partial charge in [0.2, 0.25) is 24.3 Å². The van der Waals surface area contributed by atoms with Crippen molar-refractivity contribution < 1.29 is 47.7 Å². The van der Waals surface area contributed by atoms with Crippen LogP contribution in [0, 0.1) is 23.7 Å². The number of nitrogens with two attached hydrogens (primary N) is 2. The number of aryl methyl sites for hydroxylation is 2. The lowest BCUT2D eigenvalue weighted by Gasteiger charge is -2.27. The van der Waals surface area contributed by atoms with Gasteiger partial charge < -0.3 is 41.0 Å².